The first-order chi connectivity index (χ1) is 7.46. The van der Waals surface area contributed by atoms with Gasteiger partial charge in [-0.3, -0.25) is 4.79 Å². The molecule has 0 bridgehead atoms. The van der Waals surface area contributed by atoms with Crippen molar-refractivity contribution in [1.29, 1.82) is 0 Å². The summed E-state index contributed by atoms with van der Waals surface area (Å²) in [6.45, 7) is 8.29. The van der Waals surface area contributed by atoms with Crippen LogP contribution in [0.4, 0.5) is 0 Å². The summed E-state index contributed by atoms with van der Waals surface area (Å²) >= 11 is 0. The minimum absolute atomic E-state index is 0.0232. The van der Waals surface area contributed by atoms with E-state index in [4.69, 9.17) is 10.5 Å². The quantitative estimate of drug-likeness (QED) is 0.735. The van der Waals surface area contributed by atoms with E-state index >= 15 is 0 Å². The lowest BCUT2D eigenvalue weighted by molar-refractivity contribution is -0.131. The molecular weight excluding hydrogens is 204 g/mol. The molecule has 0 saturated carbocycles. The summed E-state index contributed by atoms with van der Waals surface area (Å²) < 4.78 is 5.42. The highest BCUT2D eigenvalue weighted by Crippen LogP contribution is 2.21. The summed E-state index contributed by atoms with van der Waals surface area (Å²) in [6, 6.07) is 0. The van der Waals surface area contributed by atoms with Crippen LogP contribution in [-0.2, 0) is 9.53 Å². The van der Waals surface area contributed by atoms with Crippen molar-refractivity contribution < 1.29 is 9.53 Å². The van der Waals surface area contributed by atoms with Gasteiger partial charge in [0, 0.05) is 13.2 Å². The molecule has 1 amide bonds. The molecule has 0 radical (unpaired) electrons. The van der Waals surface area contributed by atoms with Crippen LogP contribution in [-0.4, -0.2) is 31.7 Å². The number of carbonyl (C=O) groups is 1. The smallest absolute Gasteiger partial charge is 0.249 e. The average Bonchev–Trinajstić information content (AvgIpc) is 2.61. The lowest BCUT2D eigenvalue weighted by Crippen LogP contribution is -2.42. The lowest BCUT2D eigenvalue weighted by atomic mass is 9.89. The second-order valence-electron chi connectivity index (χ2n) is 5.48. The second-order valence-corrected chi connectivity index (χ2v) is 5.48. The van der Waals surface area contributed by atoms with E-state index in [0.717, 1.165) is 12.8 Å². The predicted molar refractivity (Wildman–Crippen MR) is 64.0 cm³/mol. The Labute approximate surface area is 97.9 Å². The van der Waals surface area contributed by atoms with Crippen molar-refractivity contribution in [2.45, 2.75) is 39.7 Å². The van der Waals surface area contributed by atoms with E-state index in [1.54, 1.807) is 0 Å². The summed E-state index contributed by atoms with van der Waals surface area (Å²) in [5.74, 6) is 0.354. The van der Waals surface area contributed by atoms with Crippen LogP contribution in [0.3, 0.4) is 0 Å². The van der Waals surface area contributed by atoms with Crippen LogP contribution in [0.2, 0.25) is 0 Å². The van der Waals surface area contributed by atoms with Crippen molar-refractivity contribution in [3.05, 3.63) is 0 Å². The van der Waals surface area contributed by atoms with E-state index in [-0.39, 0.29) is 17.4 Å². The van der Waals surface area contributed by atoms with Crippen molar-refractivity contribution in [2.75, 3.05) is 19.7 Å². The highest BCUT2D eigenvalue weighted by Gasteiger charge is 2.31. The Morgan fingerprint density at radius 3 is 2.75 bits per heavy atom. The first-order valence-electron chi connectivity index (χ1n) is 6.06. The van der Waals surface area contributed by atoms with Gasteiger partial charge in [-0.05, 0) is 30.7 Å². The molecule has 1 saturated heterocycles. The van der Waals surface area contributed by atoms with Gasteiger partial charge in [0.2, 0.25) is 5.91 Å². The van der Waals surface area contributed by atoms with Crippen molar-refractivity contribution >= 4 is 5.91 Å². The number of rotatable bonds is 5. The van der Waals surface area contributed by atoms with Crippen molar-refractivity contribution in [1.82, 2.24) is 5.32 Å². The molecule has 0 aliphatic carbocycles. The van der Waals surface area contributed by atoms with Crippen molar-refractivity contribution in [3.8, 4) is 0 Å². The van der Waals surface area contributed by atoms with Gasteiger partial charge < -0.3 is 15.8 Å². The molecular formula is C12H24N2O2. The van der Waals surface area contributed by atoms with Crippen LogP contribution in [0.15, 0.2) is 0 Å². The molecule has 0 spiro atoms. The van der Waals surface area contributed by atoms with E-state index in [0.29, 0.717) is 25.6 Å². The van der Waals surface area contributed by atoms with Crippen LogP contribution in [0.25, 0.3) is 0 Å². The summed E-state index contributed by atoms with van der Waals surface area (Å²) in [5, 5.41) is 2.96. The lowest BCUT2D eigenvalue weighted by Gasteiger charge is -2.25. The molecule has 0 aromatic carbocycles. The minimum Gasteiger partial charge on any atom is -0.368 e. The molecule has 3 N–H and O–H groups in total. The maximum atomic E-state index is 11.8. The van der Waals surface area contributed by atoms with Gasteiger partial charge >= 0.3 is 0 Å². The van der Waals surface area contributed by atoms with Gasteiger partial charge in [0.05, 0.1) is 0 Å². The number of ether oxygens (including phenoxy) is 1. The van der Waals surface area contributed by atoms with Gasteiger partial charge in [-0.1, -0.05) is 20.8 Å². The first-order valence-corrected chi connectivity index (χ1v) is 6.06. The Kier molecular flexibility index (Phi) is 4.74. The molecule has 2 atom stereocenters. The standard InChI is InChI=1S/C12H24N2O2/c1-9-4-7-16-10(9)11(15)14-8-12(2,3)5-6-13/h9-10H,4-8,13H2,1-3H3,(H,14,15). The minimum atomic E-state index is -0.256. The fraction of sp³-hybridized carbons (Fsp3) is 0.917. The molecule has 1 aliphatic heterocycles. The second kappa shape index (κ2) is 5.64. The maximum absolute atomic E-state index is 11.8. The number of hydrogen-bond acceptors (Lipinski definition) is 3. The van der Waals surface area contributed by atoms with E-state index in [1.165, 1.54) is 0 Å². The van der Waals surface area contributed by atoms with Gasteiger partial charge in [-0.15, -0.1) is 0 Å². The molecule has 2 unspecified atom stereocenters. The van der Waals surface area contributed by atoms with Crippen LogP contribution < -0.4 is 11.1 Å². The van der Waals surface area contributed by atoms with E-state index in [2.05, 4.69) is 26.1 Å². The Balaban J connectivity index is 2.34. The zero-order chi connectivity index (χ0) is 12.2. The average molecular weight is 228 g/mol. The molecule has 94 valence electrons. The maximum Gasteiger partial charge on any atom is 0.249 e. The number of nitrogens with two attached hydrogens (primary N) is 1. The summed E-state index contributed by atoms with van der Waals surface area (Å²) in [5.41, 5.74) is 5.59. The van der Waals surface area contributed by atoms with Crippen LogP contribution >= 0.6 is 0 Å². The largest absolute Gasteiger partial charge is 0.368 e. The Morgan fingerprint density at radius 1 is 1.56 bits per heavy atom. The molecule has 16 heavy (non-hydrogen) atoms. The topological polar surface area (TPSA) is 64.3 Å². The fourth-order valence-corrected chi connectivity index (χ4v) is 1.94. The molecule has 0 aromatic heterocycles. The van der Waals surface area contributed by atoms with Crippen molar-refractivity contribution in [2.24, 2.45) is 17.1 Å². The van der Waals surface area contributed by atoms with E-state index in [9.17, 15) is 4.79 Å². The zero-order valence-electron chi connectivity index (χ0n) is 10.6. The normalized spacial score (nSPS) is 25.8. The fourth-order valence-electron chi connectivity index (χ4n) is 1.94. The molecule has 4 heteroatoms. The Bertz CT molecular complexity index is 241. The third-order valence-electron chi connectivity index (χ3n) is 3.21. The molecule has 1 rings (SSSR count). The number of nitrogens with one attached hydrogen (secondary N) is 1. The summed E-state index contributed by atoms with van der Waals surface area (Å²) in [7, 11) is 0. The first kappa shape index (κ1) is 13.5. The Morgan fingerprint density at radius 2 is 2.25 bits per heavy atom. The number of hydrogen-bond donors (Lipinski definition) is 2. The highest BCUT2D eigenvalue weighted by molar-refractivity contribution is 5.81. The van der Waals surface area contributed by atoms with Gasteiger partial charge in [0.1, 0.15) is 6.10 Å². The van der Waals surface area contributed by atoms with Gasteiger partial charge in [0.25, 0.3) is 0 Å². The molecule has 1 aliphatic rings. The number of amides is 1. The van der Waals surface area contributed by atoms with E-state index < -0.39 is 0 Å². The zero-order valence-corrected chi connectivity index (χ0v) is 10.6. The molecule has 0 aromatic rings. The predicted octanol–water partition coefficient (Wildman–Crippen LogP) is 0.903. The van der Waals surface area contributed by atoms with Gasteiger partial charge in [0.15, 0.2) is 0 Å². The van der Waals surface area contributed by atoms with Crippen LogP contribution in [0, 0.1) is 11.3 Å². The molecule has 4 nitrogen and oxygen atoms in total. The molecule has 1 fully saturated rings. The third kappa shape index (κ3) is 3.76. The third-order valence-corrected chi connectivity index (χ3v) is 3.21. The summed E-state index contributed by atoms with van der Waals surface area (Å²) in [4.78, 5) is 11.8. The van der Waals surface area contributed by atoms with Crippen LogP contribution in [0.5, 0.6) is 0 Å². The van der Waals surface area contributed by atoms with Crippen molar-refractivity contribution in [3.63, 3.8) is 0 Å². The van der Waals surface area contributed by atoms with E-state index in [1.807, 2.05) is 0 Å². The van der Waals surface area contributed by atoms with Gasteiger partial charge in [-0.2, -0.15) is 0 Å². The SMILES string of the molecule is CC1CCOC1C(=O)NCC(C)(C)CCN. The van der Waals surface area contributed by atoms with Gasteiger partial charge in [-0.25, -0.2) is 0 Å². The Hall–Kier alpha value is -0.610. The van der Waals surface area contributed by atoms with Crippen LogP contribution in [0.1, 0.15) is 33.6 Å². The summed E-state index contributed by atoms with van der Waals surface area (Å²) in [6.07, 6.45) is 1.63. The highest BCUT2D eigenvalue weighted by atomic mass is 16.5. The molecule has 1 heterocycles. The monoisotopic (exact) mass is 228 g/mol. The number of carbonyl (C=O) groups excluding carboxylic acids is 1.